The number of benzene rings is 1. The van der Waals surface area contributed by atoms with Gasteiger partial charge in [-0.3, -0.25) is 38.6 Å². The van der Waals surface area contributed by atoms with E-state index in [2.05, 4.69) is 5.32 Å². The van der Waals surface area contributed by atoms with Crippen molar-refractivity contribution < 1.29 is 33.5 Å². The average Bonchev–Trinajstić information content (AvgIpc) is 3.13. The smallest absolute Gasteiger partial charge is 0.326 e. The molecule has 3 aliphatic rings. The van der Waals surface area contributed by atoms with Crippen LogP contribution in [0.1, 0.15) is 46.4 Å². The Balaban J connectivity index is 1.30. The van der Waals surface area contributed by atoms with Gasteiger partial charge in [0.2, 0.25) is 11.8 Å². The van der Waals surface area contributed by atoms with E-state index in [9.17, 15) is 28.8 Å². The Morgan fingerprint density at radius 2 is 1.61 bits per heavy atom. The first-order valence-corrected chi connectivity index (χ1v) is 10.0. The van der Waals surface area contributed by atoms with Crippen molar-refractivity contribution in [2.75, 3.05) is 25.5 Å². The third-order valence-electron chi connectivity index (χ3n) is 5.96. The Morgan fingerprint density at radius 3 is 2.26 bits per heavy atom. The molecule has 0 spiro atoms. The lowest BCUT2D eigenvalue weighted by molar-refractivity contribution is -0.154. The maximum atomic E-state index is 12.4. The van der Waals surface area contributed by atoms with Gasteiger partial charge < -0.3 is 10.1 Å². The molecule has 2 fully saturated rings. The van der Waals surface area contributed by atoms with Crippen molar-refractivity contribution in [3.8, 4) is 0 Å². The highest BCUT2D eigenvalue weighted by molar-refractivity contribution is 6.21. The molecule has 0 radical (unpaired) electrons. The van der Waals surface area contributed by atoms with Crippen LogP contribution in [-0.2, 0) is 23.9 Å². The topological polar surface area (TPSA) is 130 Å². The van der Waals surface area contributed by atoms with Crippen molar-refractivity contribution in [2.24, 2.45) is 11.8 Å². The van der Waals surface area contributed by atoms with Gasteiger partial charge in [0.25, 0.3) is 17.7 Å². The van der Waals surface area contributed by atoms with Crippen molar-refractivity contribution in [1.82, 2.24) is 9.80 Å². The summed E-state index contributed by atoms with van der Waals surface area (Å²) in [4.78, 5) is 74.8. The fourth-order valence-corrected chi connectivity index (χ4v) is 4.34. The number of rotatable bonds is 5. The highest BCUT2D eigenvalue weighted by atomic mass is 16.5. The monoisotopic (exact) mass is 427 g/mol. The zero-order valence-electron chi connectivity index (χ0n) is 16.9. The number of likely N-dealkylation sites (tertiary alicyclic amines) is 1. The van der Waals surface area contributed by atoms with Crippen molar-refractivity contribution in [3.63, 3.8) is 0 Å². The molecule has 2 unspecified atom stereocenters. The Morgan fingerprint density at radius 1 is 1.00 bits per heavy atom. The molecule has 5 amide bonds. The Hall–Kier alpha value is -3.56. The van der Waals surface area contributed by atoms with Gasteiger partial charge in [-0.05, 0) is 31.0 Å². The zero-order valence-corrected chi connectivity index (χ0v) is 16.9. The molecule has 1 saturated heterocycles. The van der Waals surface area contributed by atoms with Crippen LogP contribution < -0.4 is 5.32 Å². The number of carbonyl (C=O) groups excluding carboxylic acids is 6. The SMILES string of the molecule is CN1C(=O)c2ccc(NC(=O)COC(=O)CN3C(=O)C4CCCCC4C3=O)cc2C1=O. The van der Waals surface area contributed by atoms with E-state index in [1.54, 1.807) is 0 Å². The molecule has 162 valence electrons. The molecular weight excluding hydrogens is 406 g/mol. The van der Waals surface area contributed by atoms with E-state index in [1.165, 1.54) is 25.2 Å². The molecule has 1 saturated carbocycles. The van der Waals surface area contributed by atoms with Gasteiger partial charge in [0.1, 0.15) is 6.54 Å². The van der Waals surface area contributed by atoms with Crippen molar-refractivity contribution >= 4 is 41.2 Å². The summed E-state index contributed by atoms with van der Waals surface area (Å²) in [6, 6.07) is 4.28. The minimum Gasteiger partial charge on any atom is -0.454 e. The molecule has 31 heavy (non-hydrogen) atoms. The summed E-state index contributed by atoms with van der Waals surface area (Å²) in [5.74, 6) is -3.81. The Kier molecular flexibility index (Phi) is 5.30. The number of fused-ring (bicyclic) bond motifs is 2. The van der Waals surface area contributed by atoms with Gasteiger partial charge in [0.05, 0.1) is 23.0 Å². The summed E-state index contributed by atoms with van der Waals surface area (Å²) < 4.78 is 4.91. The third kappa shape index (κ3) is 3.69. The second-order valence-corrected chi connectivity index (χ2v) is 7.90. The maximum absolute atomic E-state index is 12.4. The van der Waals surface area contributed by atoms with Crippen molar-refractivity contribution in [1.29, 1.82) is 0 Å². The first-order valence-electron chi connectivity index (χ1n) is 10.0. The quantitative estimate of drug-likeness (QED) is 0.537. The van der Waals surface area contributed by atoms with Crippen molar-refractivity contribution in [2.45, 2.75) is 25.7 Å². The third-order valence-corrected chi connectivity index (χ3v) is 5.96. The first-order chi connectivity index (χ1) is 14.8. The van der Waals surface area contributed by atoms with E-state index in [0.717, 1.165) is 22.6 Å². The fourth-order valence-electron chi connectivity index (χ4n) is 4.34. The minimum atomic E-state index is -0.855. The maximum Gasteiger partial charge on any atom is 0.326 e. The molecule has 2 aliphatic heterocycles. The van der Waals surface area contributed by atoms with E-state index in [1.807, 2.05) is 0 Å². The lowest BCUT2D eigenvalue weighted by Crippen LogP contribution is -2.37. The Labute approximate surface area is 177 Å². The molecule has 10 nitrogen and oxygen atoms in total. The molecule has 1 aromatic carbocycles. The van der Waals surface area contributed by atoms with Gasteiger partial charge in [0.15, 0.2) is 6.61 Å². The van der Waals surface area contributed by atoms with E-state index in [-0.39, 0.29) is 40.5 Å². The van der Waals surface area contributed by atoms with Crippen LogP contribution in [0.25, 0.3) is 0 Å². The fraction of sp³-hybridized carbons (Fsp3) is 0.429. The van der Waals surface area contributed by atoms with Gasteiger partial charge in [0, 0.05) is 12.7 Å². The van der Waals surface area contributed by atoms with Gasteiger partial charge in [-0.15, -0.1) is 0 Å². The molecule has 4 rings (SSSR count). The number of hydrogen-bond donors (Lipinski definition) is 1. The van der Waals surface area contributed by atoms with E-state index >= 15 is 0 Å². The van der Waals surface area contributed by atoms with E-state index in [0.29, 0.717) is 12.8 Å². The van der Waals surface area contributed by atoms with Crippen LogP contribution in [0.5, 0.6) is 0 Å². The molecule has 2 atom stereocenters. The average molecular weight is 427 g/mol. The second-order valence-electron chi connectivity index (χ2n) is 7.90. The number of carbonyl (C=O) groups is 6. The van der Waals surface area contributed by atoms with Gasteiger partial charge in [-0.2, -0.15) is 0 Å². The molecule has 0 bridgehead atoms. The lowest BCUT2D eigenvalue weighted by atomic mass is 9.81. The number of imide groups is 2. The molecule has 10 heteroatoms. The summed E-state index contributed by atoms with van der Waals surface area (Å²) in [5, 5.41) is 2.48. The van der Waals surface area contributed by atoms with Crippen molar-refractivity contribution in [3.05, 3.63) is 29.3 Å². The number of ether oxygens (including phenoxy) is 1. The summed E-state index contributed by atoms with van der Waals surface area (Å²) in [6.07, 6.45) is 3.07. The van der Waals surface area contributed by atoms with E-state index in [4.69, 9.17) is 4.74 Å². The number of esters is 1. The largest absolute Gasteiger partial charge is 0.454 e. The molecule has 1 aliphatic carbocycles. The Bertz CT molecular complexity index is 994. The summed E-state index contributed by atoms with van der Waals surface area (Å²) >= 11 is 0. The molecular formula is C21H21N3O7. The standard InChI is InChI=1S/C21H21N3O7/c1-23-18(27)14-7-6-11(8-15(14)19(23)28)22-16(25)10-31-17(26)9-24-20(29)12-4-2-3-5-13(12)21(24)30/h6-8,12-13H,2-5,9-10H2,1H3,(H,22,25). The van der Waals surface area contributed by atoms with Gasteiger partial charge in [-0.25, -0.2) is 0 Å². The minimum absolute atomic E-state index is 0.176. The molecule has 1 N–H and O–H groups in total. The predicted octanol–water partition coefficient (Wildman–Crippen LogP) is 0.569. The van der Waals surface area contributed by atoms with E-state index < -0.39 is 36.8 Å². The lowest BCUT2D eigenvalue weighted by Gasteiger charge is -2.19. The number of anilines is 1. The number of amides is 5. The van der Waals surface area contributed by atoms with Gasteiger partial charge >= 0.3 is 5.97 Å². The molecule has 1 aromatic rings. The van der Waals surface area contributed by atoms with Crippen LogP contribution >= 0.6 is 0 Å². The highest BCUT2D eigenvalue weighted by Gasteiger charge is 2.48. The van der Waals surface area contributed by atoms with Crippen LogP contribution in [0, 0.1) is 11.8 Å². The normalized spacial score (nSPS) is 22.5. The highest BCUT2D eigenvalue weighted by Crippen LogP contribution is 2.37. The molecule has 0 aromatic heterocycles. The summed E-state index contributed by atoms with van der Waals surface area (Å²) in [5.41, 5.74) is 0.692. The molecule has 2 heterocycles. The first kappa shape index (κ1) is 20.7. The summed E-state index contributed by atoms with van der Waals surface area (Å²) in [6.45, 7) is -1.13. The number of nitrogens with one attached hydrogen (secondary N) is 1. The van der Waals surface area contributed by atoms with Gasteiger partial charge in [-0.1, -0.05) is 12.8 Å². The summed E-state index contributed by atoms with van der Waals surface area (Å²) in [7, 11) is 1.37. The van der Waals surface area contributed by atoms with Crippen LogP contribution in [0.15, 0.2) is 18.2 Å². The van der Waals surface area contributed by atoms with Crippen LogP contribution in [0.4, 0.5) is 5.69 Å². The zero-order chi connectivity index (χ0) is 22.3. The predicted molar refractivity (Wildman–Crippen MR) is 105 cm³/mol. The number of nitrogens with zero attached hydrogens (tertiary/aromatic N) is 2. The van der Waals surface area contributed by atoms with Crippen LogP contribution in [0.3, 0.4) is 0 Å². The second kappa shape index (κ2) is 7.93. The number of hydrogen-bond acceptors (Lipinski definition) is 7. The van der Waals surface area contributed by atoms with Crippen LogP contribution in [0.2, 0.25) is 0 Å². The van der Waals surface area contributed by atoms with Crippen LogP contribution in [-0.4, -0.2) is 65.5 Å².